The monoisotopic (exact) mass is 251 g/mol. The van der Waals surface area contributed by atoms with Crippen molar-refractivity contribution < 1.29 is 4.79 Å². The second-order valence-electron chi connectivity index (χ2n) is 4.52. The lowest BCUT2D eigenvalue weighted by molar-refractivity contribution is -0.114. The minimum absolute atomic E-state index is 0.0556. The van der Waals surface area contributed by atoms with Crippen LogP contribution in [-0.4, -0.2) is 5.91 Å². The molecule has 2 heteroatoms. The summed E-state index contributed by atoms with van der Waals surface area (Å²) >= 11 is 0. The third-order valence-corrected chi connectivity index (χ3v) is 2.77. The topological polar surface area (TPSA) is 29.1 Å². The van der Waals surface area contributed by atoms with Crippen LogP contribution in [-0.2, 0) is 4.79 Å². The first kappa shape index (κ1) is 13.1. The predicted molar refractivity (Wildman–Crippen MR) is 80.9 cm³/mol. The van der Waals surface area contributed by atoms with E-state index in [1.807, 2.05) is 67.6 Å². The van der Waals surface area contributed by atoms with E-state index in [-0.39, 0.29) is 5.91 Å². The zero-order chi connectivity index (χ0) is 13.7. The molecule has 2 aromatic rings. The zero-order valence-electron chi connectivity index (χ0n) is 11.2. The minimum atomic E-state index is -0.0556. The lowest BCUT2D eigenvalue weighted by Crippen LogP contribution is -2.07. The Kier molecular flexibility index (Phi) is 4.14. The summed E-state index contributed by atoms with van der Waals surface area (Å²) in [6.45, 7) is 3.53. The minimum Gasteiger partial charge on any atom is -0.326 e. The molecule has 0 unspecified atom stereocenters. The summed E-state index contributed by atoms with van der Waals surface area (Å²) in [5.74, 6) is -0.0556. The van der Waals surface area contributed by atoms with Gasteiger partial charge < -0.3 is 5.32 Å². The maximum Gasteiger partial charge on any atom is 0.221 e. The summed E-state index contributed by atoms with van der Waals surface area (Å²) in [5.41, 5.74) is 4.11. The van der Waals surface area contributed by atoms with Gasteiger partial charge in [0.05, 0.1) is 0 Å². The van der Waals surface area contributed by atoms with Gasteiger partial charge in [-0.15, -0.1) is 0 Å². The summed E-state index contributed by atoms with van der Waals surface area (Å²) in [6, 6.07) is 16.1. The van der Waals surface area contributed by atoms with Crippen LogP contribution in [0.15, 0.2) is 48.5 Å². The van der Waals surface area contributed by atoms with Crippen LogP contribution in [0.3, 0.4) is 0 Å². The number of anilines is 1. The van der Waals surface area contributed by atoms with Gasteiger partial charge in [0.1, 0.15) is 0 Å². The number of carbonyl (C=O) groups excluding carboxylic acids is 1. The van der Waals surface area contributed by atoms with E-state index in [4.69, 9.17) is 0 Å². The fourth-order valence-corrected chi connectivity index (χ4v) is 1.86. The first-order chi connectivity index (χ1) is 9.15. The molecule has 0 aliphatic carbocycles. The molecule has 0 aliphatic heterocycles. The van der Waals surface area contributed by atoms with E-state index in [1.165, 1.54) is 6.92 Å². The molecule has 96 valence electrons. The Morgan fingerprint density at radius 2 is 1.79 bits per heavy atom. The van der Waals surface area contributed by atoms with Crippen molar-refractivity contribution in [3.8, 4) is 0 Å². The first-order valence-corrected chi connectivity index (χ1v) is 6.26. The number of rotatable bonds is 3. The van der Waals surface area contributed by atoms with Gasteiger partial charge in [-0.1, -0.05) is 54.6 Å². The highest BCUT2D eigenvalue weighted by molar-refractivity contribution is 5.92. The fraction of sp³-hybridized carbons (Fsp3) is 0.118. The molecular weight excluding hydrogens is 234 g/mol. The Bertz CT molecular complexity index is 600. The molecule has 1 amide bonds. The normalized spacial score (nSPS) is 10.6. The average Bonchev–Trinajstić information content (AvgIpc) is 2.38. The van der Waals surface area contributed by atoms with Crippen LogP contribution in [0.1, 0.15) is 23.6 Å². The quantitative estimate of drug-likeness (QED) is 0.817. The largest absolute Gasteiger partial charge is 0.326 e. The number of carbonyl (C=O) groups is 1. The van der Waals surface area contributed by atoms with E-state index in [9.17, 15) is 4.79 Å². The SMILES string of the molecule is CC(=O)Nc1cc(C)ccc1/C=C/c1ccccc1. The van der Waals surface area contributed by atoms with Crippen LogP contribution in [0.25, 0.3) is 12.2 Å². The highest BCUT2D eigenvalue weighted by atomic mass is 16.1. The number of benzene rings is 2. The Balaban J connectivity index is 2.29. The maximum atomic E-state index is 11.2. The highest BCUT2D eigenvalue weighted by Gasteiger charge is 2.01. The molecule has 2 aromatic carbocycles. The summed E-state index contributed by atoms with van der Waals surface area (Å²) < 4.78 is 0. The Hall–Kier alpha value is -2.35. The van der Waals surface area contributed by atoms with Gasteiger partial charge in [-0.25, -0.2) is 0 Å². The number of nitrogens with one attached hydrogen (secondary N) is 1. The zero-order valence-corrected chi connectivity index (χ0v) is 11.2. The van der Waals surface area contributed by atoms with Crippen molar-refractivity contribution >= 4 is 23.7 Å². The van der Waals surface area contributed by atoms with Crippen molar-refractivity contribution in [3.63, 3.8) is 0 Å². The molecule has 0 radical (unpaired) electrons. The second-order valence-corrected chi connectivity index (χ2v) is 4.52. The summed E-state index contributed by atoms with van der Waals surface area (Å²) in [6.07, 6.45) is 4.05. The van der Waals surface area contributed by atoms with Gasteiger partial charge in [0.2, 0.25) is 5.91 Å². The molecule has 0 spiro atoms. The fourth-order valence-electron chi connectivity index (χ4n) is 1.86. The van der Waals surface area contributed by atoms with Gasteiger partial charge >= 0.3 is 0 Å². The molecule has 0 saturated carbocycles. The average molecular weight is 251 g/mol. The summed E-state index contributed by atoms with van der Waals surface area (Å²) in [5, 5.41) is 2.86. The van der Waals surface area contributed by atoms with Gasteiger partial charge in [-0.3, -0.25) is 4.79 Å². The standard InChI is InChI=1S/C17H17NO/c1-13-8-10-16(17(12-13)18-14(2)19)11-9-15-6-4-3-5-7-15/h3-12H,1-2H3,(H,18,19)/b11-9+. The van der Waals surface area contributed by atoms with Crippen LogP contribution in [0, 0.1) is 6.92 Å². The predicted octanol–water partition coefficient (Wildman–Crippen LogP) is 4.12. The van der Waals surface area contributed by atoms with E-state index in [2.05, 4.69) is 5.32 Å². The molecule has 0 heterocycles. The Morgan fingerprint density at radius 3 is 2.47 bits per heavy atom. The van der Waals surface area contributed by atoms with Crippen molar-refractivity contribution in [3.05, 3.63) is 65.2 Å². The smallest absolute Gasteiger partial charge is 0.221 e. The van der Waals surface area contributed by atoms with E-state index in [0.717, 1.165) is 22.4 Å². The number of hydrogen-bond donors (Lipinski definition) is 1. The third kappa shape index (κ3) is 3.81. The van der Waals surface area contributed by atoms with Crippen molar-refractivity contribution in [2.24, 2.45) is 0 Å². The van der Waals surface area contributed by atoms with E-state index < -0.39 is 0 Å². The highest BCUT2D eigenvalue weighted by Crippen LogP contribution is 2.20. The van der Waals surface area contributed by atoms with Crippen LogP contribution in [0.5, 0.6) is 0 Å². The van der Waals surface area contributed by atoms with Crippen molar-refractivity contribution in [1.29, 1.82) is 0 Å². The molecule has 1 N–H and O–H groups in total. The molecule has 0 aliphatic rings. The van der Waals surface area contributed by atoms with Crippen molar-refractivity contribution in [1.82, 2.24) is 0 Å². The number of amides is 1. The lowest BCUT2D eigenvalue weighted by atomic mass is 10.1. The molecule has 2 nitrogen and oxygen atoms in total. The van der Waals surface area contributed by atoms with Crippen LogP contribution in [0.2, 0.25) is 0 Å². The van der Waals surface area contributed by atoms with Crippen molar-refractivity contribution in [2.75, 3.05) is 5.32 Å². The van der Waals surface area contributed by atoms with E-state index in [0.29, 0.717) is 0 Å². The van der Waals surface area contributed by atoms with Gasteiger partial charge in [0.25, 0.3) is 0 Å². The van der Waals surface area contributed by atoms with Crippen LogP contribution in [0.4, 0.5) is 5.69 Å². The molecule has 0 atom stereocenters. The maximum absolute atomic E-state index is 11.2. The number of hydrogen-bond acceptors (Lipinski definition) is 1. The first-order valence-electron chi connectivity index (χ1n) is 6.26. The summed E-state index contributed by atoms with van der Waals surface area (Å²) in [4.78, 5) is 11.2. The Labute approximate surface area is 113 Å². The van der Waals surface area contributed by atoms with Crippen LogP contribution >= 0.6 is 0 Å². The van der Waals surface area contributed by atoms with Gasteiger partial charge in [0.15, 0.2) is 0 Å². The lowest BCUT2D eigenvalue weighted by Gasteiger charge is -2.07. The number of aryl methyl sites for hydroxylation is 1. The van der Waals surface area contributed by atoms with Crippen molar-refractivity contribution in [2.45, 2.75) is 13.8 Å². The molecule has 0 fully saturated rings. The molecular formula is C17H17NO. The van der Waals surface area contributed by atoms with E-state index >= 15 is 0 Å². The summed E-state index contributed by atoms with van der Waals surface area (Å²) in [7, 11) is 0. The van der Waals surface area contributed by atoms with Gasteiger partial charge in [-0.2, -0.15) is 0 Å². The molecule has 0 aromatic heterocycles. The van der Waals surface area contributed by atoms with Gasteiger partial charge in [0, 0.05) is 12.6 Å². The van der Waals surface area contributed by atoms with E-state index in [1.54, 1.807) is 0 Å². The second kappa shape index (κ2) is 6.01. The van der Waals surface area contributed by atoms with Crippen LogP contribution < -0.4 is 5.32 Å². The molecule has 0 bridgehead atoms. The molecule has 0 saturated heterocycles. The molecule has 2 rings (SSSR count). The Morgan fingerprint density at radius 1 is 1.05 bits per heavy atom. The third-order valence-electron chi connectivity index (χ3n) is 2.77. The molecule has 19 heavy (non-hydrogen) atoms. The van der Waals surface area contributed by atoms with Gasteiger partial charge in [-0.05, 0) is 29.7 Å².